The van der Waals surface area contributed by atoms with E-state index in [2.05, 4.69) is 11.8 Å². The van der Waals surface area contributed by atoms with Crippen molar-refractivity contribution in [3.63, 3.8) is 0 Å². The van der Waals surface area contributed by atoms with Crippen LogP contribution in [0.3, 0.4) is 0 Å². The van der Waals surface area contributed by atoms with Gasteiger partial charge in [0, 0.05) is 13.1 Å². The van der Waals surface area contributed by atoms with E-state index in [1.54, 1.807) is 0 Å². The summed E-state index contributed by atoms with van der Waals surface area (Å²) in [6.07, 6.45) is 1.05. The molecule has 0 aliphatic heterocycles. The summed E-state index contributed by atoms with van der Waals surface area (Å²) in [5, 5.41) is 9.68. The fourth-order valence-corrected chi connectivity index (χ4v) is 1.71. The molecule has 3 heteroatoms. The summed E-state index contributed by atoms with van der Waals surface area (Å²) in [6.45, 7) is 3.83. The lowest BCUT2D eigenvalue weighted by atomic mass is 10.2. The van der Waals surface area contributed by atoms with E-state index in [-0.39, 0.29) is 6.61 Å². The second-order valence-corrected chi connectivity index (χ2v) is 3.57. The molecule has 0 saturated carbocycles. The number of benzene rings is 1. The number of halogens is 1. The number of hydrogen-bond donors (Lipinski definition) is 1. The molecule has 0 spiro atoms. The van der Waals surface area contributed by atoms with Crippen LogP contribution in [-0.2, 0) is 0 Å². The van der Waals surface area contributed by atoms with Gasteiger partial charge in [0.1, 0.15) is 0 Å². The van der Waals surface area contributed by atoms with Crippen LogP contribution in [0.2, 0.25) is 5.02 Å². The number of para-hydroxylation sites is 1. The van der Waals surface area contributed by atoms with E-state index in [4.69, 9.17) is 16.7 Å². The smallest absolute Gasteiger partial charge is 0.0639 e. The molecule has 1 N–H and O–H groups in total. The van der Waals surface area contributed by atoms with Crippen molar-refractivity contribution in [2.45, 2.75) is 13.3 Å². The first-order valence-corrected chi connectivity index (χ1v) is 5.27. The second kappa shape index (κ2) is 5.89. The standard InChI is InChI=1S/C11H16ClNO/c1-2-7-13(8-9-14)11-6-4-3-5-10(11)12/h3-6,14H,2,7-9H2,1H3. The quantitative estimate of drug-likeness (QED) is 0.813. The van der Waals surface area contributed by atoms with Crippen LogP contribution >= 0.6 is 11.6 Å². The van der Waals surface area contributed by atoms with Crippen molar-refractivity contribution in [1.29, 1.82) is 0 Å². The molecule has 0 aliphatic carbocycles. The zero-order valence-electron chi connectivity index (χ0n) is 8.41. The average Bonchev–Trinajstić information content (AvgIpc) is 2.18. The van der Waals surface area contributed by atoms with Gasteiger partial charge in [0.25, 0.3) is 0 Å². The minimum absolute atomic E-state index is 0.158. The van der Waals surface area contributed by atoms with Crippen LogP contribution in [0.5, 0.6) is 0 Å². The van der Waals surface area contributed by atoms with Crippen molar-refractivity contribution in [3.05, 3.63) is 29.3 Å². The Balaban J connectivity index is 2.81. The fraction of sp³-hybridized carbons (Fsp3) is 0.455. The first kappa shape index (κ1) is 11.3. The predicted octanol–water partition coefficient (Wildman–Crippen LogP) is 2.55. The van der Waals surface area contributed by atoms with Gasteiger partial charge in [0.2, 0.25) is 0 Å². The molecule has 0 atom stereocenters. The van der Waals surface area contributed by atoms with Crippen LogP contribution in [0.1, 0.15) is 13.3 Å². The van der Waals surface area contributed by atoms with Crippen LogP contribution in [0.25, 0.3) is 0 Å². The molecular formula is C11H16ClNO. The highest BCUT2D eigenvalue weighted by molar-refractivity contribution is 6.33. The molecular weight excluding hydrogens is 198 g/mol. The summed E-state index contributed by atoms with van der Waals surface area (Å²) < 4.78 is 0. The lowest BCUT2D eigenvalue weighted by Gasteiger charge is -2.24. The van der Waals surface area contributed by atoms with Gasteiger partial charge in [-0.2, -0.15) is 0 Å². The largest absolute Gasteiger partial charge is 0.395 e. The molecule has 0 amide bonds. The lowest BCUT2D eigenvalue weighted by Crippen LogP contribution is -2.27. The summed E-state index contributed by atoms with van der Waals surface area (Å²) in [7, 11) is 0. The number of aliphatic hydroxyl groups excluding tert-OH is 1. The maximum Gasteiger partial charge on any atom is 0.0639 e. The van der Waals surface area contributed by atoms with Crippen molar-refractivity contribution >= 4 is 17.3 Å². The number of aliphatic hydroxyl groups is 1. The maximum atomic E-state index is 8.93. The third-order valence-electron chi connectivity index (χ3n) is 2.06. The average molecular weight is 214 g/mol. The summed E-state index contributed by atoms with van der Waals surface area (Å²) in [5.74, 6) is 0. The topological polar surface area (TPSA) is 23.5 Å². The number of nitrogens with zero attached hydrogens (tertiary/aromatic N) is 1. The summed E-state index contributed by atoms with van der Waals surface area (Å²) in [6, 6.07) is 7.72. The van der Waals surface area contributed by atoms with Gasteiger partial charge in [0.05, 0.1) is 17.3 Å². The Hall–Kier alpha value is -0.730. The molecule has 1 aromatic carbocycles. The summed E-state index contributed by atoms with van der Waals surface area (Å²) in [4.78, 5) is 2.10. The van der Waals surface area contributed by atoms with E-state index >= 15 is 0 Å². The van der Waals surface area contributed by atoms with Crippen molar-refractivity contribution < 1.29 is 5.11 Å². The van der Waals surface area contributed by atoms with Gasteiger partial charge in [0.15, 0.2) is 0 Å². The molecule has 1 rings (SSSR count). The zero-order valence-corrected chi connectivity index (χ0v) is 9.17. The van der Waals surface area contributed by atoms with Crippen LogP contribution in [-0.4, -0.2) is 24.8 Å². The molecule has 0 fully saturated rings. The molecule has 0 aromatic heterocycles. The van der Waals surface area contributed by atoms with Crippen molar-refractivity contribution in [2.75, 3.05) is 24.6 Å². The van der Waals surface area contributed by atoms with Crippen molar-refractivity contribution in [3.8, 4) is 0 Å². The van der Waals surface area contributed by atoms with Crippen LogP contribution in [0.15, 0.2) is 24.3 Å². The fourth-order valence-electron chi connectivity index (χ4n) is 1.45. The normalized spacial score (nSPS) is 10.2. The van der Waals surface area contributed by atoms with Gasteiger partial charge in [-0.05, 0) is 18.6 Å². The Morgan fingerprint density at radius 1 is 1.29 bits per heavy atom. The van der Waals surface area contributed by atoms with E-state index in [0.29, 0.717) is 6.54 Å². The highest BCUT2D eigenvalue weighted by atomic mass is 35.5. The maximum absolute atomic E-state index is 8.93. The Labute approximate surface area is 90.1 Å². The zero-order chi connectivity index (χ0) is 10.4. The third-order valence-corrected chi connectivity index (χ3v) is 2.38. The molecule has 1 aromatic rings. The molecule has 0 aliphatic rings. The Bertz CT molecular complexity index is 272. The van der Waals surface area contributed by atoms with Gasteiger partial charge >= 0.3 is 0 Å². The molecule has 0 heterocycles. The molecule has 0 radical (unpaired) electrons. The van der Waals surface area contributed by atoms with E-state index in [9.17, 15) is 0 Å². The van der Waals surface area contributed by atoms with Gasteiger partial charge in [-0.1, -0.05) is 30.7 Å². The second-order valence-electron chi connectivity index (χ2n) is 3.16. The monoisotopic (exact) mass is 213 g/mol. The molecule has 0 saturated heterocycles. The first-order chi connectivity index (χ1) is 6.79. The number of rotatable bonds is 5. The van der Waals surface area contributed by atoms with E-state index in [1.807, 2.05) is 24.3 Å². The lowest BCUT2D eigenvalue weighted by molar-refractivity contribution is 0.302. The van der Waals surface area contributed by atoms with Crippen LogP contribution in [0.4, 0.5) is 5.69 Å². The first-order valence-electron chi connectivity index (χ1n) is 4.90. The van der Waals surface area contributed by atoms with Crippen molar-refractivity contribution in [1.82, 2.24) is 0 Å². The minimum Gasteiger partial charge on any atom is -0.395 e. The Kier molecular flexibility index (Phi) is 4.77. The summed E-state index contributed by atoms with van der Waals surface area (Å²) >= 11 is 6.07. The van der Waals surface area contributed by atoms with E-state index in [0.717, 1.165) is 23.7 Å². The van der Waals surface area contributed by atoms with E-state index < -0.39 is 0 Å². The SMILES string of the molecule is CCCN(CCO)c1ccccc1Cl. The van der Waals surface area contributed by atoms with Gasteiger partial charge in [-0.15, -0.1) is 0 Å². The number of anilines is 1. The van der Waals surface area contributed by atoms with Gasteiger partial charge in [-0.25, -0.2) is 0 Å². The minimum atomic E-state index is 0.158. The molecule has 78 valence electrons. The molecule has 2 nitrogen and oxygen atoms in total. The van der Waals surface area contributed by atoms with E-state index in [1.165, 1.54) is 0 Å². The predicted molar refractivity (Wildman–Crippen MR) is 61.0 cm³/mol. The Morgan fingerprint density at radius 3 is 2.57 bits per heavy atom. The highest BCUT2D eigenvalue weighted by Crippen LogP contribution is 2.24. The third kappa shape index (κ3) is 2.89. The van der Waals surface area contributed by atoms with Gasteiger partial charge in [-0.3, -0.25) is 0 Å². The summed E-state index contributed by atoms with van der Waals surface area (Å²) in [5.41, 5.74) is 1.00. The highest BCUT2D eigenvalue weighted by Gasteiger charge is 2.07. The molecule has 0 bridgehead atoms. The Morgan fingerprint density at radius 2 is 2.00 bits per heavy atom. The van der Waals surface area contributed by atoms with Crippen LogP contribution < -0.4 is 4.90 Å². The number of hydrogen-bond acceptors (Lipinski definition) is 2. The van der Waals surface area contributed by atoms with Crippen molar-refractivity contribution in [2.24, 2.45) is 0 Å². The van der Waals surface area contributed by atoms with Gasteiger partial charge < -0.3 is 10.0 Å². The molecule has 0 unspecified atom stereocenters. The van der Waals surface area contributed by atoms with Crippen LogP contribution in [0, 0.1) is 0 Å². The molecule has 14 heavy (non-hydrogen) atoms.